The van der Waals surface area contributed by atoms with Crippen molar-refractivity contribution in [3.8, 4) is 0 Å². The van der Waals surface area contributed by atoms with Gasteiger partial charge in [0.15, 0.2) is 5.82 Å². The number of sulfonamides is 1. The summed E-state index contributed by atoms with van der Waals surface area (Å²) in [5.41, 5.74) is 4.36. The average molecular weight is 310 g/mol. The Bertz CT molecular complexity index is 697. The molecule has 0 radical (unpaired) electrons. The lowest BCUT2D eigenvalue weighted by atomic mass is 10.1. The molecule has 9 heteroatoms. The first kappa shape index (κ1) is 15.4. The second-order valence-electron chi connectivity index (χ2n) is 4.52. The lowest BCUT2D eigenvalue weighted by Crippen LogP contribution is -2.27. The first-order valence-electron chi connectivity index (χ1n) is 6.44. The molecule has 5 N–H and O–H groups in total. The van der Waals surface area contributed by atoms with Crippen LogP contribution in [-0.4, -0.2) is 30.1 Å². The predicted molar refractivity (Wildman–Crippen MR) is 78.9 cm³/mol. The van der Waals surface area contributed by atoms with Gasteiger partial charge < -0.3 is 5.43 Å². The normalized spacial score (nSPS) is 11.5. The first-order chi connectivity index (χ1) is 10.0. The van der Waals surface area contributed by atoms with Crippen molar-refractivity contribution in [1.82, 2.24) is 19.9 Å². The molecule has 0 atom stereocenters. The third-order valence-corrected chi connectivity index (χ3v) is 4.54. The smallest absolute Gasteiger partial charge is 0.244 e. The number of pyridine rings is 1. The summed E-state index contributed by atoms with van der Waals surface area (Å²) in [4.78, 5) is 3.91. The summed E-state index contributed by atoms with van der Waals surface area (Å²) in [5.74, 6) is 5.39. The Kier molecular flexibility index (Phi) is 4.89. The minimum Gasteiger partial charge on any atom is -0.307 e. The third kappa shape index (κ3) is 3.78. The van der Waals surface area contributed by atoms with E-state index in [1.807, 2.05) is 6.92 Å². The van der Waals surface area contributed by atoms with Gasteiger partial charge in [-0.3, -0.25) is 5.10 Å². The summed E-state index contributed by atoms with van der Waals surface area (Å²) < 4.78 is 26.9. The van der Waals surface area contributed by atoms with Crippen LogP contribution in [0.2, 0.25) is 0 Å². The number of nitrogens with two attached hydrogens (primary N) is 1. The fourth-order valence-electron chi connectivity index (χ4n) is 1.91. The molecule has 0 aliphatic rings. The fourth-order valence-corrected chi connectivity index (χ4v) is 3.10. The summed E-state index contributed by atoms with van der Waals surface area (Å²) in [6, 6.07) is 3.00. The molecule has 0 unspecified atom stereocenters. The van der Waals surface area contributed by atoms with Crippen molar-refractivity contribution in [1.29, 1.82) is 0 Å². The van der Waals surface area contributed by atoms with E-state index in [1.54, 1.807) is 12.3 Å². The number of aromatic nitrogens is 3. The quantitative estimate of drug-likeness (QED) is 0.331. The lowest BCUT2D eigenvalue weighted by Gasteiger charge is -2.09. The van der Waals surface area contributed by atoms with Crippen LogP contribution in [0, 0.1) is 6.92 Å². The Hall–Kier alpha value is -1.97. The molecular formula is C12H18N6O2S. The SMILES string of the molecule is Cc1[nH]ncc1CCCNS(=O)(=O)c1cccnc1NN. The topological polar surface area (TPSA) is 126 Å². The number of anilines is 1. The maximum Gasteiger partial charge on any atom is 0.244 e. The standard InChI is InChI=1S/C12H18N6O2S/c1-9-10(8-15-18-9)4-2-7-16-21(19,20)11-5-3-6-14-12(11)17-13/h3,5-6,8,16H,2,4,7,13H2,1H3,(H,14,17)(H,15,18). The minimum atomic E-state index is -3.63. The van der Waals surface area contributed by atoms with E-state index in [0.717, 1.165) is 17.7 Å². The van der Waals surface area contributed by atoms with Gasteiger partial charge in [-0.1, -0.05) is 0 Å². The highest BCUT2D eigenvalue weighted by atomic mass is 32.2. The molecule has 2 heterocycles. The molecule has 2 aromatic heterocycles. The van der Waals surface area contributed by atoms with Crippen molar-refractivity contribution < 1.29 is 8.42 Å². The number of aromatic amines is 1. The molecule has 114 valence electrons. The van der Waals surface area contributed by atoms with Crippen LogP contribution >= 0.6 is 0 Å². The summed E-state index contributed by atoms with van der Waals surface area (Å²) in [5, 5.41) is 6.77. The molecule has 0 spiro atoms. The van der Waals surface area contributed by atoms with Crippen LogP contribution < -0.4 is 16.0 Å². The van der Waals surface area contributed by atoms with Crippen LogP contribution in [0.3, 0.4) is 0 Å². The van der Waals surface area contributed by atoms with E-state index >= 15 is 0 Å². The van der Waals surface area contributed by atoms with Crippen molar-refractivity contribution in [3.05, 3.63) is 35.8 Å². The van der Waals surface area contributed by atoms with Gasteiger partial charge in [-0.05, 0) is 37.5 Å². The van der Waals surface area contributed by atoms with E-state index in [0.29, 0.717) is 13.0 Å². The fraction of sp³-hybridized carbons (Fsp3) is 0.333. The Morgan fingerprint density at radius 2 is 2.24 bits per heavy atom. The number of nitrogens with zero attached hydrogens (tertiary/aromatic N) is 2. The van der Waals surface area contributed by atoms with E-state index in [-0.39, 0.29) is 10.7 Å². The molecule has 2 rings (SSSR count). The largest absolute Gasteiger partial charge is 0.307 e. The molecule has 0 aliphatic heterocycles. The van der Waals surface area contributed by atoms with E-state index in [1.165, 1.54) is 12.3 Å². The highest BCUT2D eigenvalue weighted by molar-refractivity contribution is 7.89. The second kappa shape index (κ2) is 6.66. The molecular weight excluding hydrogens is 292 g/mol. The number of hydrogen-bond acceptors (Lipinski definition) is 6. The Morgan fingerprint density at radius 3 is 2.90 bits per heavy atom. The van der Waals surface area contributed by atoms with Gasteiger partial charge in [0.05, 0.1) is 6.20 Å². The van der Waals surface area contributed by atoms with Gasteiger partial charge in [0.2, 0.25) is 10.0 Å². The van der Waals surface area contributed by atoms with E-state index in [2.05, 4.69) is 25.3 Å². The molecule has 8 nitrogen and oxygen atoms in total. The summed E-state index contributed by atoms with van der Waals surface area (Å²) in [7, 11) is -3.63. The number of rotatable bonds is 7. The van der Waals surface area contributed by atoms with Crippen molar-refractivity contribution >= 4 is 15.8 Å². The molecule has 0 amide bonds. The van der Waals surface area contributed by atoms with Crippen LogP contribution in [0.15, 0.2) is 29.4 Å². The van der Waals surface area contributed by atoms with Crippen molar-refractivity contribution in [2.24, 2.45) is 5.84 Å². The van der Waals surface area contributed by atoms with Gasteiger partial charge in [-0.15, -0.1) is 0 Å². The zero-order chi connectivity index (χ0) is 15.3. The van der Waals surface area contributed by atoms with Crippen LogP contribution in [0.25, 0.3) is 0 Å². The number of hydrazine groups is 1. The number of hydrogen-bond donors (Lipinski definition) is 4. The zero-order valence-corrected chi connectivity index (χ0v) is 12.4. The van der Waals surface area contributed by atoms with Gasteiger partial charge in [0, 0.05) is 18.4 Å². The summed E-state index contributed by atoms with van der Waals surface area (Å²) >= 11 is 0. The Morgan fingerprint density at radius 1 is 1.43 bits per heavy atom. The van der Waals surface area contributed by atoms with Gasteiger partial charge in [0.25, 0.3) is 0 Å². The van der Waals surface area contributed by atoms with Gasteiger partial charge in [-0.25, -0.2) is 24.0 Å². The Labute approximate surface area is 123 Å². The van der Waals surface area contributed by atoms with E-state index in [4.69, 9.17) is 5.84 Å². The molecule has 0 bridgehead atoms. The number of aryl methyl sites for hydroxylation is 2. The molecule has 21 heavy (non-hydrogen) atoms. The zero-order valence-electron chi connectivity index (χ0n) is 11.6. The molecule has 0 fully saturated rings. The maximum absolute atomic E-state index is 12.2. The van der Waals surface area contributed by atoms with Crippen molar-refractivity contribution in [3.63, 3.8) is 0 Å². The number of nitrogen functional groups attached to an aromatic ring is 1. The molecule has 0 aliphatic carbocycles. The maximum atomic E-state index is 12.2. The lowest BCUT2D eigenvalue weighted by molar-refractivity contribution is 0.579. The van der Waals surface area contributed by atoms with E-state index < -0.39 is 10.0 Å². The van der Waals surface area contributed by atoms with Crippen molar-refractivity contribution in [2.75, 3.05) is 12.0 Å². The van der Waals surface area contributed by atoms with Gasteiger partial charge in [-0.2, -0.15) is 5.10 Å². The van der Waals surface area contributed by atoms with Crippen LogP contribution in [-0.2, 0) is 16.4 Å². The van der Waals surface area contributed by atoms with Crippen LogP contribution in [0.1, 0.15) is 17.7 Å². The predicted octanol–water partition coefficient (Wildman–Crippen LogP) is 0.310. The Balaban J connectivity index is 1.94. The number of H-pyrrole nitrogens is 1. The average Bonchev–Trinajstić information content (AvgIpc) is 2.89. The molecule has 0 saturated heterocycles. The summed E-state index contributed by atoms with van der Waals surface area (Å²) in [6.45, 7) is 2.26. The monoisotopic (exact) mass is 310 g/mol. The van der Waals surface area contributed by atoms with Crippen molar-refractivity contribution in [2.45, 2.75) is 24.7 Å². The minimum absolute atomic E-state index is 0.0343. The molecule has 0 saturated carbocycles. The van der Waals surface area contributed by atoms with Crippen LogP contribution in [0.5, 0.6) is 0 Å². The highest BCUT2D eigenvalue weighted by Crippen LogP contribution is 2.16. The van der Waals surface area contributed by atoms with Gasteiger partial charge in [0.1, 0.15) is 4.90 Å². The molecule has 2 aromatic rings. The first-order valence-corrected chi connectivity index (χ1v) is 7.93. The van der Waals surface area contributed by atoms with E-state index in [9.17, 15) is 8.42 Å². The van der Waals surface area contributed by atoms with Gasteiger partial charge >= 0.3 is 0 Å². The number of nitrogens with one attached hydrogen (secondary N) is 3. The highest BCUT2D eigenvalue weighted by Gasteiger charge is 2.18. The van der Waals surface area contributed by atoms with Crippen LogP contribution in [0.4, 0.5) is 5.82 Å². The summed E-state index contributed by atoms with van der Waals surface area (Å²) in [6.07, 6.45) is 4.64. The molecule has 0 aromatic carbocycles. The third-order valence-electron chi connectivity index (χ3n) is 3.05. The second-order valence-corrected chi connectivity index (χ2v) is 6.25.